The van der Waals surface area contributed by atoms with E-state index < -0.39 is 15.6 Å². The van der Waals surface area contributed by atoms with Gasteiger partial charge in [0.15, 0.2) is 5.03 Å². The van der Waals surface area contributed by atoms with Crippen LogP contribution in [0.5, 0.6) is 0 Å². The van der Waals surface area contributed by atoms with Gasteiger partial charge in [-0.05, 0) is 52.7 Å². The predicted molar refractivity (Wildman–Crippen MR) is 120 cm³/mol. The number of aromatic nitrogens is 2. The number of fused-ring (bicyclic) bond motifs is 1. The summed E-state index contributed by atoms with van der Waals surface area (Å²) in [5.74, 6) is 1.45. The second-order valence-corrected chi connectivity index (χ2v) is 11.1. The molecule has 30 heavy (non-hydrogen) atoms. The predicted octanol–water partition coefficient (Wildman–Crippen LogP) is 2.99. The lowest BCUT2D eigenvalue weighted by molar-refractivity contribution is 0.292. The topological polar surface area (TPSA) is 91.6 Å². The second-order valence-electron chi connectivity index (χ2n) is 9.19. The lowest BCUT2D eigenvalue weighted by atomic mass is 9.85. The molecule has 2 aromatic rings. The molecule has 1 spiro atoms. The lowest BCUT2D eigenvalue weighted by Crippen LogP contribution is -2.62. The van der Waals surface area contributed by atoms with E-state index >= 15 is 0 Å². The monoisotopic (exact) mass is 430 g/mol. The zero-order valence-corrected chi connectivity index (χ0v) is 19.0. The number of sulfonamides is 1. The van der Waals surface area contributed by atoms with Crippen LogP contribution in [0.2, 0.25) is 0 Å². The summed E-state index contributed by atoms with van der Waals surface area (Å²) in [6.45, 7) is 8.69. The van der Waals surface area contributed by atoms with E-state index in [0.717, 1.165) is 30.1 Å². The molecule has 2 N–H and O–H groups in total. The average molecular weight is 431 g/mol. The Morgan fingerprint density at radius 1 is 1.20 bits per heavy atom. The molecule has 9 heteroatoms. The number of para-hydroxylation sites is 2. The second kappa shape index (κ2) is 7.09. The van der Waals surface area contributed by atoms with Gasteiger partial charge in [-0.3, -0.25) is 4.99 Å². The standard InChI is InChI=1S/C21H30N6O2S/c1-15-22-18(13-26(15)5)30(28,29)27-12-8-11-21(14-27)19(25-20(2,3)4)23-16-9-6-7-10-17(16)24-21/h6-7,9-10,13,24H,8,11-12,14H2,1-5H3,(H,23,25). The lowest BCUT2D eigenvalue weighted by Gasteiger charge is -2.47. The number of aryl methyl sites for hydroxylation is 2. The largest absolute Gasteiger partial charge is 0.370 e. The van der Waals surface area contributed by atoms with Gasteiger partial charge in [-0.1, -0.05) is 12.1 Å². The van der Waals surface area contributed by atoms with Crippen molar-refractivity contribution < 1.29 is 8.42 Å². The van der Waals surface area contributed by atoms with Crippen LogP contribution in [-0.2, 0) is 17.1 Å². The number of amidine groups is 1. The summed E-state index contributed by atoms with van der Waals surface area (Å²) in [5.41, 5.74) is 0.990. The van der Waals surface area contributed by atoms with Gasteiger partial charge >= 0.3 is 0 Å². The fourth-order valence-corrected chi connectivity index (χ4v) is 5.60. The maximum atomic E-state index is 13.4. The van der Waals surface area contributed by atoms with Crippen LogP contribution in [0.1, 0.15) is 39.4 Å². The fourth-order valence-electron chi connectivity index (χ4n) is 4.04. The maximum absolute atomic E-state index is 13.4. The molecule has 1 unspecified atom stereocenters. The van der Waals surface area contributed by atoms with Crippen LogP contribution in [0.25, 0.3) is 0 Å². The van der Waals surface area contributed by atoms with Gasteiger partial charge in [-0.15, -0.1) is 0 Å². The first kappa shape index (κ1) is 20.9. The molecule has 1 fully saturated rings. The van der Waals surface area contributed by atoms with E-state index in [2.05, 4.69) is 15.6 Å². The summed E-state index contributed by atoms with van der Waals surface area (Å²) in [6.07, 6.45) is 3.10. The van der Waals surface area contributed by atoms with Crippen LogP contribution in [0.15, 0.2) is 40.5 Å². The van der Waals surface area contributed by atoms with E-state index in [1.807, 2.05) is 45.0 Å². The Morgan fingerprint density at radius 3 is 2.53 bits per heavy atom. The van der Waals surface area contributed by atoms with E-state index in [-0.39, 0.29) is 10.6 Å². The molecule has 0 amide bonds. The SMILES string of the molecule is Cc1nc(S(=O)(=O)N2CCCC3(C2)Nc2ccccc2NC3=NC(C)(C)C)cn1C. The molecule has 4 rings (SSSR count). The zero-order valence-electron chi connectivity index (χ0n) is 18.2. The van der Waals surface area contributed by atoms with Crippen LogP contribution in [0.3, 0.4) is 0 Å². The van der Waals surface area contributed by atoms with Gasteiger partial charge < -0.3 is 15.2 Å². The quantitative estimate of drug-likeness (QED) is 0.764. The van der Waals surface area contributed by atoms with Gasteiger partial charge in [0, 0.05) is 26.3 Å². The van der Waals surface area contributed by atoms with E-state index in [9.17, 15) is 8.42 Å². The first-order valence-corrected chi connectivity index (χ1v) is 11.7. The van der Waals surface area contributed by atoms with Gasteiger partial charge in [-0.2, -0.15) is 4.31 Å². The summed E-state index contributed by atoms with van der Waals surface area (Å²) in [5, 5.41) is 7.21. The van der Waals surface area contributed by atoms with E-state index in [1.54, 1.807) is 29.0 Å². The highest BCUT2D eigenvalue weighted by Crippen LogP contribution is 2.38. The summed E-state index contributed by atoms with van der Waals surface area (Å²) in [4.78, 5) is 9.23. The molecule has 1 saturated heterocycles. The highest BCUT2D eigenvalue weighted by molar-refractivity contribution is 7.89. The molecule has 1 atom stereocenters. The summed E-state index contributed by atoms with van der Waals surface area (Å²) in [6, 6.07) is 7.96. The molecule has 0 aliphatic carbocycles. The van der Waals surface area contributed by atoms with Crippen molar-refractivity contribution in [3.63, 3.8) is 0 Å². The third kappa shape index (κ3) is 3.72. The number of nitrogens with zero attached hydrogens (tertiary/aromatic N) is 4. The van der Waals surface area contributed by atoms with Crippen molar-refractivity contribution >= 4 is 27.2 Å². The summed E-state index contributed by atoms with van der Waals surface area (Å²) >= 11 is 0. The van der Waals surface area contributed by atoms with E-state index in [1.165, 1.54) is 0 Å². The average Bonchev–Trinajstić information content (AvgIpc) is 3.01. The van der Waals surface area contributed by atoms with Crippen LogP contribution in [0, 0.1) is 6.92 Å². The minimum Gasteiger partial charge on any atom is -0.370 e. The molecule has 0 bridgehead atoms. The van der Waals surface area contributed by atoms with Crippen molar-refractivity contribution in [2.75, 3.05) is 23.7 Å². The van der Waals surface area contributed by atoms with Crippen molar-refractivity contribution in [2.24, 2.45) is 12.0 Å². The molecule has 1 aromatic carbocycles. The minimum absolute atomic E-state index is 0.0954. The minimum atomic E-state index is -3.70. The van der Waals surface area contributed by atoms with Crippen molar-refractivity contribution in [3.8, 4) is 0 Å². The summed E-state index contributed by atoms with van der Waals surface area (Å²) < 4.78 is 30.0. The van der Waals surface area contributed by atoms with Gasteiger partial charge in [0.05, 0.1) is 16.9 Å². The van der Waals surface area contributed by atoms with Gasteiger partial charge in [0.2, 0.25) is 0 Å². The Morgan fingerprint density at radius 2 is 1.90 bits per heavy atom. The van der Waals surface area contributed by atoms with Crippen LogP contribution in [0.4, 0.5) is 11.4 Å². The highest BCUT2D eigenvalue weighted by Gasteiger charge is 2.47. The van der Waals surface area contributed by atoms with E-state index in [0.29, 0.717) is 18.9 Å². The normalized spacial score (nSPS) is 23.8. The van der Waals surface area contributed by atoms with Crippen molar-refractivity contribution in [1.82, 2.24) is 13.9 Å². The Hall–Kier alpha value is -2.39. The number of rotatable bonds is 2. The molecular formula is C21H30N6O2S. The van der Waals surface area contributed by atoms with Crippen molar-refractivity contribution in [1.29, 1.82) is 0 Å². The molecule has 2 aliphatic heterocycles. The molecule has 1 aromatic heterocycles. The fraction of sp³-hybridized carbons (Fsp3) is 0.524. The Kier molecular flexibility index (Phi) is 4.93. The number of benzene rings is 1. The smallest absolute Gasteiger partial charge is 0.262 e. The van der Waals surface area contributed by atoms with E-state index in [4.69, 9.17) is 4.99 Å². The number of hydrogen-bond acceptors (Lipinski definition) is 5. The number of aliphatic imine (C=N–C) groups is 1. The Labute approximate surface area is 178 Å². The Balaban J connectivity index is 1.75. The van der Waals surface area contributed by atoms with Crippen molar-refractivity contribution in [3.05, 3.63) is 36.3 Å². The maximum Gasteiger partial charge on any atom is 0.262 e. The first-order chi connectivity index (χ1) is 14.0. The molecule has 0 saturated carbocycles. The summed E-state index contributed by atoms with van der Waals surface area (Å²) in [7, 11) is -1.90. The molecular weight excluding hydrogens is 400 g/mol. The molecule has 2 aliphatic rings. The van der Waals surface area contributed by atoms with Gasteiger partial charge in [-0.25, -0.2) is 13.4 Å². The number of nitrogens with one attached hydrogen (secondary N) is 2. The zero-order chi connectivity index (χ0) is 21.7. The van der Waals surface area contributed by atoms with Gasteiger partial charge in [0.1, 0.15) is 17.2 Å². The Bertz CT molecular complexity index is 1080. The molecule has 8 nitrogen and oxygen atoms in total. The van der Waals surface area contributed by atoms with Crippen LogP contribution < -0.4 is 10.6 Å². The highest BCUT2D eigenvalue weighted by atomic mass is 32.2. The number of imidazole rings is 1. The third-order valence-corrected chi connectivity index (χ3v) is 7.32. The number of hydrogen-bond donors (Lipinski definition) is 2. The van der Waals surface area contributed by atoms with Crippen LogP contribution >= 0.6 is 0 Å². The van der Waals surface area contributed by atoms with Crippen LogP contribution in [-0.4, -0.2) is 52.3 Å². The third-order valence-electron chi connectivity index (χ3n) is 5.60. The molecule has 3 heterocycles. The molecule has 162 valence electrons. The number of anilines is 2. The number of piperidine rings is 1. The molecule has 0 radical (unpaired) electrons. The van der Waals surface area contributed by atoms with Gasteiger partial charge in [0.25, 0.3) is 10.0 Å². The first-order valence-electron chi connectivity index (χ1n) is 10.2. The van der Waals surface area contributed by atoms with Crippen molar-refractivity contribution in [2.45, 2.75) is 56.6 Å².